The highest BCUT2D eigenvalue weighted by Gasteiger charge is 2.21. The summed E-state index contributed by atoms with van der Waals surface area (Å²) in [6.45, 7) is 4.59. The molecule has 7 heteroatoms. The molecule has 21 heavy (non-hydrogen) atoms. The number of methoxy groups -OCH3 is 1. The highest BCUT2D eigenvalue weighted by atomic mass is 32.2. The van der Waals surface area contributed by atoms with Crippen LogP contribution in [-0.2, 0) is 14.8 Å². The molecule has 1 rings (SSSR count). The van der Waals surface area contributed by atoms with Crippen molar-refractivity contribution in [2.24, 2.45) is 5.14 Å². The second-order valence-electron chi connectivity index (χ2n) is 5.46. The van der Waals surface area contributed by atoms with E-state index in [1.807, 2.05) is 6.92 Å². The van der Waals surface area contributed by atoms with Crippen molar-refractivity contribution in [2.45, 2.75) is 36.8 Å². The molecule has 0 saturated carbocycles. The van der Waals surface area contributed by atoms with Crippen LogP contribution in [-0.4, -0.2) is 39.4 Å². The summed E-state index contributed by atoms with van der Waals surface area (Å²) in [5.41, 5.74) is 0.0649. The van der Waals surface area contributed by atoms with Crippen molar-refractivity contribution in [1.82, 2.24) is 5.32 Å². The Morgan fingerprint density at radius 2 is 1.95 bits per heavy atom. The van der Waals surface area contributed by atoms with Crippen LogP contribution >= 0.6 is 0 Å². The van der Waals surface area contributed by atoms with Crippen molar-refractivity contribution in [1.29, 1.82) is 0 Å². The van der Waals surface area contributed by atoms with Gasteiger partial charge in [-0.3, -0.25) is 0 Å². The number of sulfonamides is 1. The van der Waals surface area contributed by atoms with E-state index in [0.717, 1.165) is 5.56 Å². The highest BCUT2D eigenvalue weighted by molar-refractivity contribution is 7.89. The van der Waals surface area contributed by atoms with Crippen LogP contribution in [0.5, 0.6) is 0 Å². The Morgan fingerprint density at radius 1 is 1.38 bits per heavy atom. The van der Waals surface area contributed by atoms with Crippen molar-refractivity contribution in [3.05, 3.63) is 29.8 Å². The van der Waals surface area contributed by atoms with Gasteiger partial charge in [-0.05, 0) is 31.5 Å². The van der Waals surface area contributed by atoms with Gasteiger partial charge in [0.05, 0.1) is 10.5 Å². The third kappa shape index (κ3) is 6.11. The smallest absolute Gasteiger partial charge is 0.238 e. The van der Waals surface area contributed by atoms with E-state index in [1.54, 1.807) is 26.2 Å². The first kappa shape index (κ1) is 18.1. The summed E-state index contributed by atoms with van der Waals surface area (Å²) in [5, 5.41) is 18.4. The van der Waals surface area contributed by atoms with Gasteiger partial charge in [-0.2, -0.15) is 0 Å². The normalized spacial score (nSPS) is 16.4. The molecule has 0 radical (unpaired) electrons. The first-order valence-electron chi connectivity index (χ1n) is 6.73. The summed E-state index contributed by atoms with van der Waals surface area (Å²) < 4.78 is 27.3. The van der Waals surface area contributed by atoms with Crippen molar-refractivity contribution in [2.75, 3.05) is 20.3 Å². The molecule has 2 unspecified atom stereocenters. The monoisotopic (exact) mass is 316 g/mol. The van der Waals surface area contributed by atoms with Crippen LogP contribution in [0.4, 0.5) is 0 Å². The Morgan fingerprint density at radius 3 is 2.43 bits per heavy atom. The predicted octanol–water partition coefficient (Wildman–Crippen LogP) is 0.772. The van der Waals surface area contributed by atoms with E-state index in [9.17, 15) is 13.5 Å². The fourth-order valence-corrected chi connectivity index (χ4v) is 2.36. The van der Waals surface area contributed by atoms with E-state index < -0.39 is 15.6 Å². The molecule has 2 atom stereocenters. The fraction of sp³-hybridized carbons (Fsp3) is 0.571. The van der Waals surface area contributed by atoms with Gasteiger partial charge in [-0.15, -0.1) is 0 Å². The van der Waals surface area contributed by atoms with Crippen LogP contribution in [0, 0.1) is 0 Å². The number of rotatable bonds is 8. The van der Waals surface area contributed by atoms with E-state index in [4.69, 9.17) is 9.88 Å². The Balaban J connectivity index is 2.62. The molecule has 4 N–H and O–H groups in total. The van der Waals surface area contributed by atoms with Gasteiger partial charge in [0.15, 0.2) is 0 Å². The zero-order chi connectivity index (χ0) is 16.1. The molecule has 0 saturated heterocycles. The van der Waals surface area contributed by atoms with Gasteiger partial charge in [-0.25, -0.2) is 13.6 Å². The molecule has 6 nitrogen and oxygen atoms in total. The first-order chi connectivity index (χ1) is 9.65. The van der Waals surface area contributed by atoms with Crippen LogP contribution < -0.4 is 10.5 Å². The summed E-state index contributed by atoms with van der Waals surface area (Å²) in [5.74, 6) is 0. The average molecular weight is 316 g/mol. The maximum Gasteiger partial charge on any atom is 0.238 e. The van der Waals surface area contributed by atoms with Gasteiger partial charge in [0, 0.05) is 32.7 Å². The number of hydrogen-bond donors (Lipinski definition) is 3. The molecular weight excluding hydrogens is 292 g/mol. The minimum atomic E-state index is -3.67. The lowest BCUT2D eigenvalue weighted by Gasteiger charge is -2.26. The summed E-state index contributed by atoms with van der Waals surface area (Å²) in [6.07, 6.45) is 0.535. The Hall–Kier alpha value is -0.990. The molecular formula is C14H24N2O4S. The zero-order valence-corrected chi connectivity index (χ0v) is 13.5. The SMILES string of the molecule is COCCC(C)(O)CNC(C)c1ccc(S(N)(=O)=O)cc1. The van der Waals surface area contributed by atoms with Gasteiger partial charge in [0.1, 0.15) is 0 Å². The van der Waals surface area contributed by atoms with Crippen molar-refractivity contribution < 1.29 is 18.3 Å². The lowest BCUT2D eigenvalue weighted by molar-refractivity contribution is 0.0231. The number of aliphatic hydroxyl groups is 1. The molecule has 120 valence electrons. The van der Waals surface area contributed by atoms with Gasteiger partial charge in [0.2, 0.25) is 10.0 Å². The standard InChI is InChI=1S/C14H24N2O4S/c1-11(16-10-14(2,17)8-9-20-3)12-4-6-13(7-5-12)21(15,18)19/h4-7,11,16-17H,8-10H2,1-3H3,(H2,15,18,19). The predicted molar refractivity (Wildman–Crippen MR) is 81.3 cm³/mol. The number of benzene rings is 1. The van der Waals surface area contributed by atoms with Gasteiger partial charge in [-0.1, -0.05) is 12.1 Å². The quantitative estimate of drug-likeness (QED) is 0.657. The van der Waals surface area contributed by atoms with Gasteiger partial charge < -0.3 is 15.2 Å². The van der Waals surface area contributed by atoms with E-state index in [0.29, 0.717) is 19.6 Å². The topological polar surface area (TPSA) is 102 Å². The van der Waals surface area contributed by atoms with E-state index in [-0.39, 0.29) is 10.9 Å². The molecule has 0 fully saturated rings. The molecule has 1 aromatic rings. The third-order valence-corrected chi connectivity index (χ3v) is 4.27. The van der Waals surface area contributed by atoms with Gasteiger partial charge >= 0.3 is 0 Å². The molecule has 0 aromatic heterocycles. The minimum absolute atomic E-state index is 0.0199. The van der Waals surface area contributed by atoms with Crippen molar-refractivity contribution in [3.63, 3.8) is 0 Å². The second-order valence-corrected chi connectivity index (χ2v) is 7.02. The molecule has 0 bridgehead atoms. The van der Waals surface area contributed by atoms with E-state index in [2.05, 4.69) is 5.32 Å². The molecule has 0 heterocycles. The van der Waals surface area contributed by atoms with Crippen LogP contribution in [0.3, 0.4) is 0 Å². The third-order valence-electron chi connectivity index (χ3n) is 3.34. The number of primary sulfonamides is 1. The molecule has 0 spiro atoms. The zero-order valence-electron chi connectivity index (χ0n) is 12.7. The van der Waals surface area contributed by atoms with Crippen LogP contribution in [0.25, 0.3) is 0 Å². The maximum absolute atomic E-state index is 11.2. The maximum atomic E-state index is 11.2. The molecule has 1 aromatic carbocycles. The highest BCUT2D eigenvalue weighted by Crippen LogP contribution is 2.17. The van der Waals surface area contributed by atoms with Crippen LogP contribution in [0.15, 0.2) is 29.2 Å². The summed E-state index contributed by atoms with van der Waals surface area (Å²) in [7, 11) is -2.07. The Labute approximate surface area is 126 Å². The number of hydrogen-bond acceptors (Lipinski definition) is 5. The summed E-state index contributed by atoms with van der Waals surface area (Å²) >= 11 is 0. The number of nitrogens with one attached hydrogen (secondary N) is 1. The molecule has 0 aliphatic heterocycles. The van der Waals surface area contributed by atoms with Gasteiger partial charge in [0.25, 0.3) is 0 Å². The number of nitrogens with two attached hydrogens (primary N) is 1. The average Bonchev–Trinajstić information content (AvgIpc) is 2.42. The Bertz CT molecular complexity index is 541. The van der Waals surface area contributed by atoms with Crippen LogP contribution in [0.1, 0.15) is 31.9 Å². The second kappa shape index (κ2) is 7.33. The summed E-state index contributed by atoms with van der Waals surface area (Å²) in [4.78, 5) is 0.0885. The van der Waals surface area contributed by atoms with E-state index >= 15 is 0 Å². The van der Waals surface area contributed by atoms with Crippen LogP contribution in [0.2, 0.25) is 0 Å². The molecule has 0 aliphatic rings. The fourth-order valence-electron chi connectivity index (χ4n) is 1.85. The molecule has 0 aliphatic carbocycles. The Kier molecular flexibility index (Phi) is 6.30. The summed E-state index contributed by atoms with van der Waals surface area (Å²) in [6, 6.07) is 6.36. The lowest BCUT2D eigenvalue weighted by atomic mass is 10.0. The van der Waals surface area contributed by atoms with Crippen molar-refractivity contribution >= 4 is 10.0 Å². The largest absolute Gasteiger partial charge is 0.389 e. The number of ether oxygens (including phenoxy) is 1. The lowest BCUT2D eigenvalue weighted by Crippen LogP contribution is -2.39. The molecule has 0 amide bonds. The van der Waals surface area contributed by atoms with Crippen molar-refractivity contribution in [3.8, 4) is 0 Å². The van der Waals surface area contributed by atoms with E-state index in [1.165, 1.54) is 12.1 Å². The first-order valence-corrected chi connectivity index (χ1v) is 8.28. The minimum Gasteiger partial charge on any atom is -0.389 e.